The van der Waals surface area contributed by atoms with E-state index in [-0.39, 0.29) is 0 Å². The number of hydrogen-bond donors (Lipinski definition) is 0. The molecule has 106 valence electrons. The molecule has 2 rings (SSSR count). The lowest BCUT2D eigenvalue weighted by Crippen LogP contribution is -2.35. The van der Waals surface area contributed by atoms with Crippen LogP contribution in [0.3, 0.4) is 0 Å². The van der Waals surface area contributed by atoms with Gasteiger partial charge in [0.1, 0.15) is 0 Å². The molecule has 1 saturated heterocycles. The van der Waals surface area contributed by atoms with Crippen LogP contribution in [0.4, 0.5) is 0 Å². The number of aryl methyl sites for hydroxylation is 3. The third-order valence-corrected chi connectivity index (χ3v) is 4.86. The normalized spacial score (nSPS) is 19.6. The zero-order chi connectivity index (χ0) is 14.0. The summed E-state index contributed by atoms with van der Waals surface area (Å²) in [7, 11) is 0. The highest BCUT2D eigenvalue weighted by atomic mass is 35.5. The fourth-order valence-corrected chi connectivity index (χ4v) is 3.51. The molecule has 0 aromatic heterocycles. The fraction of sp³-hybridized carbons (Fsp3) is 0.647. The molecule has 19 heavy (non-hydrogen) atoms. The van der Waals surface area contributed by atoms with Crippen LogP contribution in [0, 0.1) is 26.7 Å². The molecule has 2 heteroatoms. The maximum atomic E-state index is 6.21. The van der Waals surface area contributed by atoms with Crippen LogP contribution < -0.4 is 0 Å². The molecule has 1 unspecified atom stereocenters. The fourth-order valence-electron chi connectivity index (χ4n) is 3.25. The Labute approximate surface area is 123 Å². The number of nitrogens with zero attached hydrogens (tertiary/aromatic N) is 1. The summed E-state index contributed by atoms with van der Waals surface area (Å²) < 4.78 is 0. The van der Waals surface area contributed by atoms with Crippen molar-refractivity contribution < 1.29 is 0 Å². The van der Waals surface area contributed by atoms with Crippen LogP contribution >= 0.6 is 11.6 Å². The quantitative estimate of drug-likeness (QED) is 0.739. The van der Waals surface area contributed by atoms with Gasteiger partial charge in [-0.3, -0.25) is 4.90 Å². The summed E-state index contributed by atoms with van der Waals surface area (Å²) in [5.74, 6) is 0.707. The van der Waals surface area contributed by atoms with E-state index >= 15 is 0 Å². The summed E-state index contributed by atoms with van der Waals surface area (Å²) in [4.78, 5) is 2.58. The molecular weight excluding hydrogens is 254 g/mol. The van der Waals surface area contributed by atoms with Gasteiger partial charge in [-0.25, -0.2) is 0 Å². The minimum Gasteiger partial charge on any atom is -0.299 e. The minimum atomic E-state index is 0.324. The van der Waals surface area contributed by atoms with Crippen molar-refractivity contribution >= 4 is 11.6 Å². The van der Waals surface area contributed by atoms with Crippen molar-refractivity contribution in [3.05, 3.63) is 34.4 Å². The second-order valence-corrected chi connectivity index (χ2v) is 6.86. The second-order valence-electron chi connectivity index (χ2n) is 6.17. The monoisotopic (exact) mass is 279 g/mol. The van der Waals surface area contributed by atoms with Gasteiger partial charge in [-0.2, -0.15) is 0 Å². The lowest BCUT2D eigenvalue weighted by atomic mass is 9.93. The zero-order valence-electron chi connectivity index (χ0n) is 12.7. The molecule has 0 saturated carbocycles. The molecule has 1 aromatic carbocycles. The van der Waals surface area contributed by atoms with E-state index in [9.17, 15) is 0 Å². The summed E-state index contributed by atoms with van der Waals surface area (Å²) >= 11 is 6.21. The van der Waals surface area contributed by atoms with Crippen molar-refractivity contribution in [2.45, 2.75) is 52.5 Å². The van der Waals surface area contributed by atoms with Gasteiger partial charge in [-0.05, 0) is 76.2 Å². The molecule has 0 spiro atoms. The van der Waals surface area contributed by atoms with Gasteiger partial charge in [0.05, 0.1) is 0 Å². The maximum absolute atomic E-state index is 6.21. The molecule has 1 aliphatic heterocycles. The lowest BCUT2D eigenvalue weighted by molar-refractivity contribution is 0.176. The third-order valence-electron chi connectivity index (χ3n) is 4.50. The van der Waals surface area contributed by atoms with E-state index in [1.165, 1.54) is 48.2 Å². The van der Waals surface area contributed by atoms with Gasteiger partial charge in [0, 0.05) is 11.9 Å². The molecule has 1 aromatic rings. The lowest BCUT2D eigenvalue weighted by Gasteiger charge is -2.33. The first-order valence-corrected chi connectivity index (χ1v) is 7.84. The molecule has 0 amide bonds. The van der Waals surface area contributed by atoms with E-state index in [0.29, 0.717) is 11.3 Å². The SMILES string of the molecule is Cc1cc(C)c(CN2CCC(C(C)Cl)CC2)c(C)c1. The van der Waals surface area contributed by atoms with Crippen LogP contribution in [0.2, 0.25) is 0 Å². The van der Waals surface area contributed by atoms with E-state index in [4.69, 9.17) is 11.6 Å². The van der Waals surface area contributed by atoms with E-state index in [0.717, 1.165) is 6.54 Å². The van der Waals surface area contributed by atoms with Gasteiger partial charge < -0.3 is 0 Å². The molecule has 1 heterocycles. The smallest absolute Gasteiger partial charge is 0.0337 e. The minimum absolute atomic E-state index is 0.324. The molecule has 1 nitrogen and oxygen atoms in total. The summed E-state index contributed by atoms with van der Waals surface area (Å²) in [5, 5.41) is 0.324. The predicted molar refractivity (Wildman–Crippen MR) is 84.0 cm³/mol. The summed E-state index contributed by atoms with van der Waals surface area (Å²) in [6.45, 7) is 12.3. The second kappa shape index (κ2) is 6.28. The number of halogens is 1. The topological polar surface area (TPSA) is 3.24 Å². The first kappa shape index (κ1) is 14.9. The van der Waals surface area contributed by atoms with Crippen LogP contribution in [0.5, 0.6) is 0 Å². The van der Waals surface area contributed by atoms with Crippen LogP contribution in [-0.4, -0.2) is 23.4 Å². The zero-order valence-corrected chi connectivity index (χ0v) is 13.4. The summed E-state index contributed by atoms with van der Waals surface area (Å²) in [5.41, 5.74) is 5.76. The first-order chi connectivity index (χ1) is 8.97. The number of alkyl halides is 1. The van der Waals surface area contributed by atoms with Gasteiger partial charge in [0.25, 0.3) is 0 Å². The highest BCUT2D eigenvalue weighted by Gasteiger charge is 2.23. The molecule has 1 fully saturated rings. The standard InChI is InChI=1S/C17H26ClN/c1-12-9-13(2)17(14(3)10-12)11-19-7-5-16(6-8-19)15(4)18/h9-10,15-16H,5-8,11H2,1-4H3. The molecule has 1 atom stereocenters. The summed E-state index contributed by atoms with van der Waals surface area (Å²) in [6, 6.07) is 4.60. The van der Waals surface area contributed by atoms with Crippen LogP contribution in [-0.2, 0) is 6.54 Å². The van der Waals surface area contributed by atoms with Gasteiger partial charge in [-0.15, -0.1) is 11.6 Å². The van der Waals surface area contributed by atoms with Gasteiger partial charge in [-0.1, -0.05) is 17.7 Å². The number of piperidine rings is 1. The molecular formula is C17H26ClN. The first-order valence-electron chi connectivity index (χ1n) is 7.40. The number of hydrogen-bond acceptors (Lipinski definition) is 1. The Balaban J connectivity index is 2.00. The van der Waals surface area contributed by atoms with Gasteiger partial charge in [0.2, 0.25) is 0 Å². The van der Waals surface area contributed by atoms with E-state index in [1.54, 1.807) is 0 Å². The van der Waals surface area contributed by atoms with E-state index in [2.05, 4.69) is 44.7 Å². The third kappa shape index (κ3) is 3.73. The van der Waals surface area contributed by atoms with Crippen LogP contribution in [0.15, 0.2) is 12.1 Å². The van der Waals surface area contributed by atoms with Crippen LogP contribution in [0.25, 0.3) is 0 Å². The van der Waals surface area contributed by atoms with Gasteiger partial charge in [0.15, 0.2) is 0 Å². The van der Waals surface area contributed by atoms with Crippen molar-refractivity contribution in [2.24, 2.45) is 5.92 Å². The highest BCUT2D eigenvalue weighted by Crippen LogP contribution is 2.26. The molecule has 0 bridgehead atoms. The van der Waals surface area contributed by atoms with Crippen LogP contribution in [0.1, 0.15) is 42.0 Å². The highest BCUT2D eigenvalue weighted by molar-refractivity contribution is 6.20. The van der Waals surface area contributed by atoms with Crippen molar-refractivity contribution in [3.8, 4) is 0 Å². The van der Waals surface area contributed by atoms with E-state index < -0.39 is 0 Å². The Morgan fingerprint density at radius 3 is 2.16 bits per heavy atom. The molecule has 0 N–H and O–H groups in total. The predicted octanol–water partition coefficient (Wildman–Crippen LogP) is 4.45. The Kier molecular flexibility index (Phi) is 4.92. The van der Waals surface area contributed by atoms with Crippen molar-refractivity contribution in [2.75, 3.05) is 13.1 Å². The Morgan fingerprint density at radius 2 is 1.68 bits per heavy atom. The summed E-state index contributed by atoms with van der Waals surface area (Å²) in [6.07, 6.45) is 2.49. The largest absolute Gasteiger partial charge is 0.299 e. The molecule has 0 aliphatic carbocycles. The number of rotatable bonds is 3. The average Bonchev–Trinajstić information content (AvgIpc) is 2.34. The average molecular weight is 280 g/mol. The van der Waals surface area contributed by atoms with Crippen molar-refractivity contribution in [1.82, 2.24) is 4.90 Å². The number of benzene rings is 1. The Bertz CT molecular complexity index is 408. The number of likely N-dealkylation sites (tertiary alicyclic amines) is 1. The molecule has 0 radical (unpaired) electrons. The Morgan fingerprint density at radius 1 is 1.16 bits per heavy atom. The molecule has 1 aliphatic rings. The van der Waals surface area contributed by atoms with Gasteiger partial charge >= 0.3 is 0 Å². The van der Waals surface area contributed by atoms with Crippen molar-refractivity contribution in [3.63, 3.8) is 0 Å². The van der Waals surface area contributed by atoms with Crippen molar-refractivity contribution in [1.29, 1.82) is 0 Å². The van der Waals surface area contributed by atoms with E-state index in [1.807, 2.05) is 0 Å². The maximum Gasteiger partial charge on any atom is 0.0337 e. The Hall–Kier alpha value is -0.530.